The fourth-order valence-corrected chi connectivity index (χ4v) is 3.06. The van der Waals surface area contributed by atoms with Gasteiger partial charge in [-0.05, 0) is 45.1 Å². The van der Waals surface area contributed by atoms with Crippen molar-refractivity contribution in [3.05, 3.63) is 29.8 Å². The number of primary amides is 1. The number of carbonyl (C=O) groups excluding carboxylic acids is 2. The predicted octanol–water partition coefficient (Wildman–Crippen LogP) is 0.0794. The molecule has 2 amide bonds. The van der Waals surface area contributed by atoms with Gasteiger partial charge >= 0.3 is 0 Å². The highest BCUT2D eigenvalue weighted by Crippen LogP contribution is 2.24. The molecule has 1 fully saturated rings. The van der Waals surface area contributed by atoms with Crippen molar-refractivity contribution in [3.8, 4) is 5.75 Å². The molecule has 1 aliphatic rings. The Morgan fingerprint density at radius 2 is 2.17 bits per heavy atom. The van der Waals surface area contributed by atoms with Gasteiger partial charge in [-0.2, -0.15) is 0 Å². The summed E-state index contributed by atoms with van der Waals surface area (Å²) in [4.78, 5) is 27.1. The van der Waals surface area contributed by atoms with Crippen LogP contribution in [0.4, 0.5) is 0 Å². The first-order chi connectivity index (χ1) is 11.3. The van der Waals surface area contributed by atoms with Gasteiger partial charge in [0.2, 0.25) is 0 Å². The van der Waals surface area contributed by atoms with Crippen LogP contribution in [0.1, 0.15) is 23.2 Å². The minimum Gasteiger partial charge on any atom is -0.484 e. The van der Waals surface area contributed by atoms with Crippen LogP contribution in [0.5, 0.6) is 5.75 Å². The summed E-state index contributed by atoms with van der Waals surface area (Å²) in [5.41, 5.74) is 4.63. The second kappa shape index (κ2) is 7.63. The van der Waals surface area contributed by atoms with Crippen LogP contribution in [-0.4, -0.2) is 72.7 Å². The van der Waals surface area contributed by atoms with Crippen molar-refractivity contribution in [2.24, 2.45) is 5.73 Å². The topological polar surface area (TPSA) is 96.1 Å². The van der Waals surface area contributed by atoms with Crippen molar-refractivity contribution in [1.82, 2.24) is 9.80 Å². The number of piperidine rings is 1. The molecule has 7 heteroatoms. The lowest BCUT2D eigenvalue weighted by atomic mass is 9.92. The van der Waals surface area contributed by atoms with Gasteiger partial charge in [0.15, 0.2) is 6.61 Å². The lowest BCUT2D eigenvalue weighted by molar-refractivity contribution is -0.119. The van der Waals surface area contributed by atoms with E-state index in [0.717, 1.165) is 6.42 Å². The molecule has 0 unspecified atom stereocenters. The van der Waals surface area contributed by atoms with Gasteiger partial charge in [-0.15, -0.1) is 0 Å². The molecule has 0 aromatic heterocycles. The van der Waals surface area contributed by atoms with Crippen LogP contribution in [0.2, 0.25) is 0 Å². The molecule has 132 valence electrons. The predicted molar refractivity (Wildman–Crippen MR) is 89.8 cm³/mol. The van der Waals surface area contributed by atoms with Crippen molar-refractivity contribution in [3.63, 3.8) is 0 Å². The van der Waals surface area contributed by atoms with Gasteiger partial charge in [-0.1, -0.05) is 6.07 Å². The van der Waals surface area contributed by atoms with Crippen LogP contribution >= 0.6 is 0 Å². The van der Waals surface area contributed by atoms with Crippen LogP contribution in [-0.2, 0) is 4.79 Å². The molecule has 1 aromatic carbocycles. The summed E-state index contributed by atoms with van der Waals surface area (Å²) in [6.45, 7) is 1.19. The summed E-state index contributed by atoms with van der Waals surface area (Å²) in [6, 6.07) is 6.64. The summed E-state index contributed by atoms with van der Waals surface area (Å²) in [7, 11) is 3.80. The first kappa shape index (κ1) is 18.2. The number of likely N-dealkylation sites (N-methyl/N-ethyl adjacent to an activating group) is 1. The maximum absolute atomic E-state index is 12.7. The van der Waals surface area contributed by atoms with Gasteiger partial charge in [0, 0.05) is 18.7 Å². The highest BCUT2D eigenvalue weighted by atomic mass is 16.5. The number of β-amino-alcohol motifs (C(OH)–C–C–N with tert-alkyl or cyclic N) is 1. The number of nitrogens with zero attached hydrogens (tertiary/aromatic N) is 2. The summed E-state index contributed by atoms with van der Waals surface area (Å²) in [6.07, 6.45) is 1.44. The van der Waals surface area contributed by atoms with Gasteiger partial charge in [0.25, 0.3) is 11.8 Å². The van der Waals surface area contributed by atoms with E-state index in [9.17, 15) is 14.7 Å². The highest BCUT2D eigenvalue weighted by molar-refractivity contribution is 5.94. The molecule has 1 aromatic rings. The van der Waals surface area contributed by atoms with Gasteiger partial charge in [0.1, 0.15) is 5.75 Å². The average Bonchev–Trinajstić information content (AvgIpc) is 2.51. The summed E-state index contributed by atoms with van der Waals surface area (Å²) >= 11 is 0. The van der Waals surface area contributed by atoms with E-state index < -0.39 is 11.5 Å². The second-order valence-corrected chi connectivity index (χ2v) is 6.58. The first-order valence-corrected chi connectivity index (χ1v) is 7.97. The normalized spacial score (nSPS) is 20.9. The van der Waals surface area contributed by atoms with Crippen molar-refractivity contribution < 1.29 is 19.4 Å². The molecular formula is C17H25N3O4. The molecule has 24 heavy (non-hydrogen) atoms. The average molecular weight is 335 g/mol. The molecule has 1 heterocycles. The smallest absolute Gasteiger partial charge is 0.255 e. The zero-order chi connectivity index (χ0) is 17.7. The summed E-state index contributed by atoms with van der Waals surface area (Å²) < 4.78 is 5.24. The van der Waals surface area contributed by atoms with Crippen LogP contribution in [0.25, 0.3) is 0 Å². The first-order valence-electron chi connectivity index (χ1n) is 7.97. The van der Waals surface area contributed by atoms with Gasteiger partial charge in [-0.25, -0.2) is 0 Å². The Kier molecular flexibility index (Phi) is 5.80. The Bertz CT molecular complexity index is 605. The van der Waals surface area contributed by atoms with Crippen LogP contribution < -0.4 is 10.5 Å². The summed E-state index contributed by atoms with van der Waals surface area (Å²) in [5, 5.41) is 10.7. The number of hydrogen-bond donors (Lipinski definition) is 2. The molecule has 0 aliphatic carbocycles. The highest BCUT2D eigenvalue weighted by Gasteiger charge is 2.35. The van der Waals surface area contributed by atoms with Crippen LogP contribution in [0.15, 0.2) is 24.3 Å². The molecule has 0 spiro atoms. The Balaban J connectivity index is 2.07. The van der Waals surface area contributed by atoms with Crippen molar-refractivity contribution in [2.45, 2.75) is 18.4 Å². The lowest BCUT2D eigenvalue weighted by Gasteiger charge is -2.40. The molecule has 7 nitrogen and oxygen atoms in total. The lowest BCUT2D eigenvalue weighted by Crippen LogP contribution is -2.54. The third-order valence-corrected chi connectivity index (χ3v) is 3.92. The molecule has 1 atom stereocenters. The molecule has 2 rings (SSSR count). The number of ether oxygens (including phenoxy) is 1. The van der Waals surface area contributed by atoms with Crippen LogP contribution in [0, 0.1) is 0 Å². The fraction of sp³-hybridized carbons (Fsp3) is 0.529. The fourth-order valence-electron chi connectivity index (χ4n) is 3.06. The molecule has 1 saturated heterocycles. The Labute approximate surface area is 142 Å². The zero-order valence-corrected chi connectivity index (χ0v) is 14.2. The van der Waals surface area contributed by atoms with E-state index in [-0.39, 0.29) is 12.5 Å². The minimum atomic E-state index is -0.891. The molecule has 0 saturated carbocycles. The van der Waals surface area contributed by atoms with E-state index in [1.165, 1.54) is 0 Å². The largest absolute Gasteiger partial charge is 0.484 e. The quantitative estimate of drug-likeness (QED) is 0.767. The zero-order valence-electron chi connectivity index (χ0n) is 14.2. The number of amides is 2. The number of hydrogen-bond acceptors (Lipinski definition) is 5. The Morgan fingerprint density at radius 3 is 2.83 bits per heavy atom. The third-order valence-electron chi connectivity index (χ3n) is 3.92. The molecule has 1 aliphatic heterocycles. The summed E-state index contributed by atoms with van der Waals surface area (Å²) in [5.74, 6) is -0.312. The monoisotopic (exact) mass is 335 g/mol. The molecular weight excluding hydrogens is 310 g/mol. The minimum absolute atomic E-state index is 0.156. The molecule has 3 N–H and O–H groups in total. The van der Waals surface area contributed by atoms with Gasteiger partial charge in [-0.3, -0.25) is 9.59 Å². The molecule has 0 radical (unpaired) electrons. The number of rotatable bonds is 6. The SMILES string of the molecule is CN(C)C[C@]1(O)CCCN(C(=O)c2cccc(OCC(N)=O)c2)C1. The number of likely N-dealkylation sites (tertiary alicyclic amines) is 1. The Hall–Kier alpha value is -2.12. The van der Waals surface area contributed by atoms with Crippen LogP contribution in [0.3, 0.4) is 0 Å². The van der Waals surface area contributed by atoms with E-state index >= 15 is 0 Å². The number of benzene rings is 1. The number of carbonyl (C=O) groups is 2. The van der Waals surface area contributed by atoms with Crippen molar-refractivity contribution in [2.75, 3.05) is 40.3 Å². The number of nitrogens with two attached hydrogens (primary N) is 1. The van der Waals surface area contributed by atoms with E-state index in [1.807, 2.05) is 19.0 Å². The molecule has 0 bridgehead atoms. The second-order valence-electron chi connectivity index (χ2n) is 6.58. The van der Waals surface area contributed by atoms with Crippen molar-refractivity contribution in [1.29, 1.82) is 0 Å². The maximum atomic E-state index is 12.7. The van der Waals surface area contributed by atoms with E-state index in [0.29, 0.717) is 37.4 Å². The van der Waals surface area contributed by atoms with Gasteiger partial charge < -0.3 is 25.4 Å². The van der Waals surface area contributed by atoms with E-state index in [2.05, 4.69) is 0 Å². The third kappa shape index (κ3) is 4.94. The Morgan fingerprint density at radius 1 is 1.42 bits per heavy atom. The standard InChI is InChI=1S/C17H25N3O4/c1-19(2)11-17(23)7-4-8-20(12-17)16(22)13-5-3-6-14(9-13)24-10-15(18)21/h3,5-6,9,23H,4,7-8,10-12H2,1-2H3,(H2,18,21)/t17-/m1/s1. The van der Waals surface area contributed by atoms with E-state index in [1.54, 1.807) is 29.2 Å². The van der Waals surface area contributed by atoms with Gasteiger partial charge in [0.05, 0.1) is 12.1 Å². The van der Waals surface area contributed by atoms with Crippen molar-refractivity contribution >= 4 is 11.8 Å². The van der Waals surface area contributed by atoms with E-state index in [4.69, 9.17) is 10.5 Å². The maximum Gasteiger partial charge on any atom is 0.255 e. The number of aliphatic hydroxyl groups is 1.